The van der Waals surface area contributed by atoms with Crippen molar-refractivity contribution in [3.05, 3.63) is 29.8 Å². The lowest BCUT2D eigenvalue weighted by Gasteiger charge is -2.17. The van der Waals surface area contributed by atoms with Crippen LogP contribution in [0.5, 0.6) is 5.75 Å². The number of carbonyl (C=O) groups excluding carboxylic acids is 1. The Morgan fingerprint density at radius 1 is 1.36 bits per heavy atom. The average molecular weight is 424 g/mol. The fourth-order valence-corrected chi connectivity index (χ4v) is 1.79. The largest absolute Gasteiger partial charge is 0.489 e. The van der Waals surface area contributed by atoms with Crippen LogP contribution in [0.15, 0.2) is 24.3 Å². The fraction of sp³-hybridized carbons (Fsp3) is 0.385. The smallest absolute Gasteiger partial charge is 0.329 e. The highest BCUT2D eigenvalue weighted by Crippen LogP contribution is 2.13. The molecule has 8 nitrogen and oxygen atoms in total. The third kappa shape index (κ3) is 7.54. The van der Waals surface area contributed by atoms with Crippen molar-refractivity contribution in [3.63, 3.8) is 0 Å². The summed E-state index contributed by atoms with van der Waals surface area (Å²) < 4.78 is 18.6. The monoisotopic (exact) mass is 424 g/mol. The first-order valence-electron chi connectivity index (χ1n) is 6.33. The lowest BCUT2D eigenvalue weighted by atomic mass is 10.2. The Hall–Kier alpha value is -1.43. The molecule has 1 unspecified atom stereocenters. The molecule has 0 aliphatic rings. The number of halogens is 1. The number of carboxylic acid groups (broad SMARTS) is 1. The lowest BCUT2D eigenvalue weighted by molar-refractivity contribution is -0.143. The zero-order chi connectivity index (χ0) is 16.4. The Bertz CT molecular complexity index is 499. The van der Waals surface area contributed by atoms with Crippen molar-refractivity contribution in [1.82, 2.24) is 3.53 Å². The Kier molecular flexibility index (Phi) is 8.74. The molecule has 22 heavy (non-hydrogen) atoms. The number of carboxylic acids is 1. The molecule has 1 amide bonds. The highest BCUT2D eigenvalue weighted by molar-refractivity contribution is 14.1. The Morgan fingerprint density at radius 2 is 2.14 bits per heavy atom. The first-order valence-corrected chi connectivity index (χ1v) is 7.40. The van der Waals surface area contributed by atoms with Crippen LogP contribution in [-0.2, 0) is 14.3 Å². The van der Waals surface area contributed by atoms with Crippen molar-refractivity contribution in [2.45, 2.75) is 6.23 Å². The van der Waals surface area contributed by atoms with E-state index in [-0.39, 0.29) is 26.4 Å². The minimum atomic E-state index is -1.03. The molecule has 0 heterocycles. The van der Waals surface area contributed by atoms with Gasteiger partial charge in [0.15, 0.2) is 6.23 Å². The van der Waals surface area contributed by atoms with E-state index in [1.54, 1.807) is 24.3 Å². The molecule has 0 saturated heterocycles. The van der Waals surface area contributed by atoms with Crippen LogP contribution >= 0.6 is 22.9 Å². The summed E-state index contributed by atoms with van der Waals surface area (Å²) in [6, 6.07) is 6.51. The van der Waals surface area contributed by atoms with Crippen LogP contribution in [0.25, 0.3) is 0 Å². The number of hydrogen-bond acceptors (Lipinski definition) is 6. The number of primary amides is 1. The lowest BCUT2D eigenvalue weighted by Crippen LogP contribution is -2.32. The number of ether oxygens (including phenoxy) is 3. The number of amides is 1. The molecule has 0 fully saturated rings. The number of benzene rings is 1. The number of nitrogens with one attached hydrogen (secondary N) is 1. The standard InChI is InChI=1S/C13H17IN2O6/c14-16-11(21-5-4-20-8-12(17)18)7-22-10-3-1-2-9(6-10)13(15)19/h1-3,6,11,16H,4-5,7-8H2,(H2,15,19)(H,17,18). The van der Waals surface area contributed by atoms with Gasteiger partial charge in [-0.3, -0.25) is 4.79 Å². The van der Waals surface area contributed by atoms with Gasteiger partial charge < -0.3 is 25.1 Å². The molecule has 0 aliphatic carbocycles. The number of nitrogens with two attached hydrogens (primary N) is 1. The maximum Gasteiger partial charge on any atom is 0.329 e. The number of rotatable bonds is 11. The van der Waals surface area contributed by atoms with E-state index in [9.17, 15) is 9.59 Å². The van der Waals surface area contributed by atoms with Crippen molar-refractivity contribution < 1.29 is 28.9 Å². The zero-order valence-corrected chi connectivity index (χ0v) is 13.8. The molecular formula is C13H17IN2O6. The predicted molar refractivity (Wildman–Crippen MR) is 85.8 cm³/mol. The summed E-state index contributed by atoms with van der Waals surface area (Å²) in [5.74, 6) is -1.05. The Morgan fingerprint density at radius 3 is 2.77 bits per heavy atom. The second-order valence-electron chi connectivity index (χ2n) is 4.12. The van der Waals surface area contributed by atoms with Crippen molar-refractivity contribution in [1.29, 1.82) is 0 Å². The van der Waals surface area contributed by atoms with Gasteiger partial charge in [0.25, 0.3) is 0 Å². The number of carbonyl (C=O) groups is 2. The molecule has 9 heteroatoms. The Labute approximate surface area is 141 Å². The summed E-state index contributed by atoms with van der Waals surface area (Å²) in [6.45, 7) is 0.225. The third-order valence-electron chi connectivity index (χ3n) is 2.41. The molecular weight excluding hydrogens is 407 g/mol. The number of hydrogen-bond donors (Lipinski definition) is 3. The molecule has 0 aliphatic heterocycles. The highest BCUT2D eigenvalue weighted by Gasteiger charge is 2.09. The van der Waals surface area contributed by atoms with Gasteiger partial charge in [0.1, 0.15) is 19.0 Å². The van der Waals surface area contributed by atoms with E-state index in [2.05, 4.69) is 3.53 Å². The second kappa shape index (κ2) is 10.3. The summed E-state index contributed by atoms with van der Waals surface area (Å²) in [6.07, 6.45) is -0.411. The molecule has 0 saturated carbocycles. The molecule has 1 rings (SSSR count). The minimum absolute atomic E-state index is 0.165. The van der Waals surface area contributed by atoms with Gasteiger partial charge in [0.05, 0.1) is 13.2 Å². The van der Waals surface area contributed by atoms with Crippen LogP contribution in [0.2, 0.25) is 0 Å². The molecule has 0 spiro atoms. The van der Waals surface area contributed by atoms with Crippen molar-refractivity contribution >= 4 is 34.7 Å². The maximum atomic E-state index is 11.1. The highest BCUT2D eigenvalue weighted by atomic mass is 127. The van der Waals surface area contributed by atoms with E-state index < -0.39 is 18.1 Å². The van der Waals surface area contributed by atoms with Crippen molar-refractivity contribution in [3.8, 4) is 5.75 Å². The topological polar surface area (TPSA) is 120 Å². The van der Waals surface area contributed by atoms with Crippen molar-refractivity contribution in [2.75, 3.05) is 26.4 Å². The summed E-state index contributed by atoms with van der Waals surface area (Å²) in [4.78, 5) is 21.3. The summed E-state index contributed by atoms with van der Waals surface area (Å²) in [7, 11) is 0. The van der Waals surface area contributed by atoms with E-state index in [1.807, 2.05) is 22.9 Å². The van der Waals surface area contributed by atoms with Crippen LogP contribution in [0.4, 0.5) is 0 Å². The predicted octanol–water partition coefficient (Wildman–Crippen LogP) is 0.548. The van der Waals surface area contributed by atoms with Crippen molar-refractivity contribution in [2.24, 2.45) is 5.73 Å². The van der Waals surface area contributed by atoms with Gasteiger partial charge in [-0.15, -0.1) is 0 Å². The zero-order valence-electron chi connectivity index (χ0n) is 11.7. The van der Waals surface area contributed by atoms with Gasteiger partial charge in [-0.25, -0.2) is 8.32 Å². The molecule has 0 radical (unpaired) electrons. The normalized spacial score (nSPS) is 11.9. The van der Waals surface area contributed by atoms with E-state index in [1.165, 1.54) is 0 Å². The molecule has 1 atom stereocenters. The quantitative estimate of drug-likeness (QED) is 0.205. The Balaban J connectivity index is 2.32. The van der Waals surface area contributed by atoms with Crippen LogP contribution in [-0.4, -0.2) is 49.6 Å². The van der Waals surface area contributed by atoms with Crippen LogP contribution in [0, 0.1) is 0 Å². The first kappa shape index (κ1) is 18.6. The van der Waals surface area contributed by atoms with E-state index >= 15 is 0 Å². The minimum Gasteiger partial charge on any atom is -0.489 e. The van der Waals surface area contributed by atoms with E-state index in [4.69, 9.17) is 25.1 Å². The van der Waals surface area contributed by atoms with E-state index in [0.29, 0.717) is 11.3 Å². The molecule has 0 aromatic heterocycles. The van der Waals surface area contributed by atoms with Gasteiger partial charge >= 0.3 is 5.97 Å². The van der Waals surface area contributed by atoms with Gasteiger partial charge in [-0.1, -0.05) is 6.07 Å². The molecule has 1 aromatic rings. The first-order chi connectivity index (χ1) is 10.5. The molecule has 1 aromatic carbocycles. The van der Waals surface area contributed by atoms with Gasteiger partial charge in [0.2, 0.25) is 5.91 Å². The molecule has 0 bridgehead atoms. The maximum absolute atomic E-state index is 11.1. The van der Waals surface area contributed by atoms with Gasteiger partial charge in [-0.2, -0.15) is 0 Å². The third-order valence-corrected chi connectivity index (χ3v) is 3.11. The summed E-state index contributed by atoms with van der Waals surface area (Å²) in [5.41, 5.74) is 5.55. The fourth-order valence-electron chi connectivity index (χ4n) is 1.43. The molecule has 122 valence electrons. The second-order valence-corrected chi connectivity index (χ2v) is 4.74. The SMILES string of the molecule is NC(=O)c1cccc(OCC(NI)OCCOCC(=O)O)c1. The molecule has 4 N–H and O–H groups in total. The summed E-state index contributed by atoms with van der Waals surface area (Å²) >= 11 is 1.92. The van der Waals surface area contributed by atoms with Crippen LogP contribution in [0.1, 0.15) is 10.4 Å². The van der Waals surface area contributed by atoms with Crippen LogP contribution in [0.3, 0.4) is 0 Å². The summed E-state index contributed by atoms with van der Waals surface area (Å²) in [5, 5.41) is 8.41. The number of aliphatic carboxylic acids is 1. The van der Waals surface area contributed by atoms with Crippen LogP contribution < -0.4 is 14.0 Å². The van der Waals surface area contributed by atoms with Gasteiger partial charge in [0, 0.05) is 28.4 Å². The van der Waals surface area contributed by atoms with Gasteiger partial charge in [-0.05, 0) is 18.2 Å². The average Bonchev–Trinajstić information content (AvgIpc) is 2.50. The van der Waals surface area contributed by atoms with E-state index in [0.717, 1.165) is 0 Å².